The molecule has 5 nitrogen and oxygen atoms in total. The van der Waals surface area contributed by atoms with Crippen LogP contribution in [0.5, 0.6) is 0 Å². The van der Waals surface area contributed by atoms with Crippen LogP contribution in [0.4, 0.5) is 13.2 Å². The van der Waals surface area contributed by atoms with Crippen molar-refractivity contribution in [2.45, 2.75) is 23.9 Å². The largest absolute Gasteiger partial charge is 0.405 e. The van der Waals surface area contributed by atoms with Crippen LogP contribution in [0.2, 0.25) is 5.02 Å². The molecule has 1 fully saturated rings. The van der Waals surface area contributed by atoms with E-state index in [1.54, 1.807) is 0 Å². The molecule has 0 saturated carbocycles. The van der Waals surface area contributed by atoms with E-state index in [1.165, 1.54) is 28.6 Å². The van der Waals surface area contributed by atoms with Crippen molar-refractivity contribution >= 4 is 27.5 Å². The first kappa shape index (κ1) is 19.0. The summed E-state index contributed by atoms with van der Waals surface area (Å²) in [4.78, 5) is 11.8. The van der Waals surface area contributed by atoms with Crippen molar-refractivity contribution in [3.05, 3.63) is 29.3 Å². The number of carbonyl (C=O) groups is 1. The summed E-state index contributed by atoms with van der Waals surface area (Å²) in [5.74, 6) is -1.32. The third-order valence-electron chi connectivity index (χ3n) is 3.74. The molecule has 134 valence electrons. The molecule has 0 atom stereocenters. The lowest BCUT2D eigenvalue weighted by atomic mass is 9.97. The minimum absolute atomic E-state index is 0.0784. The van der Waals surface area contributed by atoms with E-state index in [0.29, 0.717) is 5.02 Å². The Kier molecular flexibility index (Phi) is 5.77. The minimum atomic E-state index is -4.46. The predicted molar refractivity (Wildman–Crippen MR) is 82.0 cm³/mol. The third-order valence-corrected chi connectivity index (χ3v) is 5.90. The van der Waals surface area contributed by atoms with Gasteiger partial charge in [-0.05, 0) is 37.1 Å². The number of alkyl halides is 3. The van der Waals surface area contributed by atoms with Gasteiger partial charge in [0, 0.05) is 24.0 Å². The molecule has 1 N–H and O–H groups in total. The highest BCUT2D eigenvalue weighted by Crippen LogP contribution is 2.25. The molecule has 1 aliphatic heterocycles. The Balaban J connectivity index is 1.94. The van der Waals surface area contributed by atoms with Crippen LogP contribution in [0.3, 0.4) is 0 Å². The zero-order valence-corrected chi connectivity index (χ0v) is 14.1. The maximum atomic E-state index is 12.5. The Morgan fingerprint density at radius 2 is 1.75 bits per heavy atom. The van der Waals surface area contributed by atoms with Crippen LogP contribution in [-0.4, -0.2) is 44.4 Å². The van der Waals surface area contributed by atoms with Gasteiger partial charge in [0.1, 0.15) is 6.54 Å². The Bertz CT molecular complexity index is 684. The number of nitrogens with one attached hydrogen (secondary N) is 1. The summed E-state index contributed by atoms with van der Waals surface area (Å²) in [6, 6.07) is 5.71. The highest BCUT2D eigenvalue weighted by molar-refractivity contribution is 7.89. The second kappa shape index (κ2) is 7.28. The molecular formula is C14H16ClF3N2O3S. The Hall–Kier alpha value is -1.32. The molecule has 1 aromatic rings. The number of benzene rings is 1. The SMILES string of the molecule is O=C(NCC(F)(F)F)C1CCN(S(=O)(=O)c2ccc(Cl)cc2)CC1. The Labute approximate surface area is 142 Å². The van der Waals surface area contributed by atoms with Crippen LogP contribution in [0, 0.1) is 5.92 Å². The van der Waals surface area contributed by atoms with Gasteiger partial charge in [-0.1, -0.05) is 11.6 Å². The van der Waals surface area contributed by atoms with Gasteiger partial charge in [-0.15, -0.1) is 0 Å². The summed E-state index contributed by atoms with van der Waals surface area (Å²) < 4.78 is 62.5. The molecular weight excluding hydrogens is 369 g/mol. The van der Waals surface area contributed by atoms with E-state index in [1.807, 2.05) is 5.32 Å². The number of hydrogen-bond acceptors (Lipinski definition) is 3. The molecule has 0 radical (unpaired) electrons. The van der Waals surface area contributed by atoms with E-state index in [4.69, 9.17) is 11.6 Å². The normalized spacial score (nSPS) is 17.7. The molecule has 1 aliphatic rings. The summed E-state index contributed by atoms with van der Waals surface area (Å²) in [6.07, 6.45) is -4.11. The monoisotopic (exact) mass is 384 g/mol. The standard InChI is InChI=1S/C14H16ClF3N2O3S/c15-11-1-3-12(4-2-11)24(22,23)20-7-5-10(6-8-20)13(21)19-9-14(16,17)18/h1-4,10H,5-9H2,(H,19,21). The first-order chi connectivity index (χ1) is 11.1. The zero-order valence-electron chi connectivity index (χ0n) is 12.5. The van der Waals surface area contributed by atoms with Crippen LogP contribution in [0.15, 0.2) is 29.2 Å². The molecule has 0 spiro atoms. The second-order valence-corrected chi connectivity index (χ2v) is 7.84. The van der Waals surface area contributed by atoms with Crippen molar-refractivity contribution in [1.29, 1.82) is 0 Å². The number of nitrogens with zero attached hydrogens (tertiary/aromatic N) is 1. The summed E-state index contributed by atoms with van der Waals surface area (Å²) >= 11 is 5.73. The quantitative estimate of drug-likeness (QED) is 0.867. The van der Waals surface area contributed by atoms with Crippen molar-refractivity contribution in [2.24, 2.45) is 5.92 Å². The molecule has 1 amide bonds. The fraction of sp³-hybridized carbons (Fsp3) is 0.500. The van der Waals surface area contributed by atoms with Crippen molar-refractivity contribution in [3.8, 4) is 0 Å². The highest BCUT2D eigenvalue weighted by Gasteiger charge is 2.34. The molecule has 1 aromatic carbocycles. The van der Waals surface area contributed by atoms with Crippen LogP contribution >= 0.6 is 11.6 Å². The number of hydrogen-bond donors (Lipinski definition) is 1. The van der Waals surface area contributed by atoms with Gasteiger partial charge in [0.2, 0.25) is 15.9 Å². The summed E-state index contributed by atoms with van der Waals surface area (Å²) in [5.41, 5.74) is 0. The van der Waals surface area contributed by atoms with Crippen LogP contribution in [0.25, 0.3) is 0 Å². The fourth-order valence-corrected chi connectivity index (χ4v) is 4.04. The summed E-state index contributed by atoms with van der Waals surface area (Å²) in [6.45, 7) is -1.22. The topological polar surface area (TPSA) is 66.5 Å². The van der Waals surface area contributed by atoms with Gasteiger partial charge >= 0.3 is 6.18 Å². The lowest BCUT2D eigenvalue weighted by molar-refractivity contribution is -0.141. The number of piperidine rings is 1. The smallest absolute Gasteiger partial charge is 0.347 e. The van der Waals surface area contributed by atoms with Gasteiger partial charge in [0.25, 0.3) is 0 Å². The number of amides is 1. The van der Waals surface area contributed by atoms with Crippen molar-refractivity contribution in [2.75, 3.05) is 19.6 Å². The molecule has 2 rings (SSSR count). The summed E-state index contributed by atoms with van der Waals surface area (Å²) in [5, 5.41) is 2.25. The molecule has 0 unspecified atom stereocenters. The first-order valence-corrected chi connectivity index (χ1v) is 9.01. The average Bonchev–Trinajstić information content (AvgIpc) is 2.52. The molecule has 1 saturated heterocycles. The van der Waals surface area contributed by atoms with E-state index >= 15 is 0 Å². The Morgan fingerprint density at radius 3 is 2.25 bits per heavy atom. The van der Waals surface area contributed by atoms with Crippen molar-refractivity contribution in [3.63, 3.8) is 0 Å². The van der Waals surface area contributed by atoms with Gasteiger partial charge in [-0.2, -0.15) is 17.5 Å². The highest BCUT2D eigenvalue weighted by atomic mass is 35.5. The Morgan fingerprint density at radius 1 is 1.21 bits per heavy atom. The molecule has 1 heterocycles. The van der Waals surface area contributed by atoms with Crippen LogP contribution in [-0.2, 0) is 14.8 Å². The van der Waals surface area contributed by atoms with Gasteiger partial charge in [0.15, 0.2) is 0 Å². The van der Waals surface area contributed by atoms with Gasteiger partial charge in [0.05, 0.1) is 4.90 Å². The molecule has 0 aliphatic carbocycles. The number of rotatable bonds is 4. The molecule has 24 heavy (non-hydrogen) atoms. The molecule has 10 heteroatoms. The average molecular weight is 385 g/mol. The van der Waals surface area contributed by atoms with Crippen molar-refractivity contribution in [1.82, 2.24) is 9.62 Å². The number of sulfonamides is 1. The maximum Gasteiger partial charge on any atom is 0.405 e. The van der Waals surface area contributed by atoms with Gasteiger partial charge in [-0.25, -0.2) is 8.42 Å². The molecule has 0 bridgehead atoms. The van der Waals surface area contributed by atoms with E-state index in [9.17, 15) is 26.4 Å². The lowest BCUT2D eigenvalue weighted by Crippen LogP contribution is -2.44. The van der Waals surface area contributed by atoms with E-state index < -0.39 is 34.6 Å². The first-order valence-electron chi connectivity index (χ1n) is 7.20. The fourth-order valence-electron chi connectivity index (χ4n) is 2.45. The van der Waals surface area contributed by atoms with Crippen LogP contribution in [0.1, 0.15) is 12.8 Å². The zero-order chi connectivity index (χ0) is 18.0. The van der Waals surface area contributed by atoms with E-state index in [0.717, 1.165) is 0 Å². The lowest BCUT2D eigenvalue weighted by Gasteiger charge is -2.30. The number of carbonyl (C=O) groups excluding carboxylic acids is 1. The van der Waals surface area contributed by atoms with Crippen LogP contribution < -0.4 is 5.32 Å². The van der Waals surface area contributed by atoms with E-state index in [2.05, 4.69) is 0 Å². The second-order valence-electron chi connectivity index (χ2n) is 5.47. The number of halogens is 4. The molecule has 0 aromatic heterocycles. The maximum absolute atomic E-state index is 12.5. The van der Waals surface area contributed by atoms with Crippen molar-refractivity contribution < 1.29 is 26.4 Å². The predicted octanol–water partition coefficient (Wildman–Crippen LogP) is 2.42. The minimum Gasteiger partial charge on any atom is -0.347 e. The van der Waals surface area contributed by atoms with Gasteiger partial charge in [-0.3, -0.25) is 4.79 Å². The van der Waals surface area contributed by atoms with Gasteiger partial charge < -0.3 is 5.32 Å². The third kappa shape index (κ3) is 4.84. The van der Waals surface area contributed by atoms with E-state index in [-0.39, 0.29) is 30.8 Å². The summed E-state index contributed by atoms with van der Waals surface area (Å²) in [7, 11) is -3.70.